The summed E-state index contributed by atoms with van der Waals surface area (Å²) in [5, 5.41) is 2.51. The van der Waals surface area contributed by atoms with Crippen LogP contribution >= 0.6 is 0 Å². The molecule has 0 aliphatic rings. The first-order valence-electron chi connectivity index (χ1n) is 5.30. The lowest BCUT2D eigenvalue weighted by Gasteiger charge is -2.05. The Labute approximate surface area is 102 Å². The van der Waals surface area contributed by atoms with Crippen LogP contribution in [0, 0.1) is 11.6 Å². The molecule has 2 aromatic rings. The van der Waals surface area contributed by atoms with Crippen molar-refractivity contribution in [2.24, 2.45) is 0 Å². The summed E-state index contributed by atoms with van der Waals surface area (Å²) in [7, 11) is 0. The molecule has 18 heavy (non-hydrogen) atoms. The molecule has 1 aromatic heterocycles. The molecule has 1 heterocycles. The fourth-order valence-electron chi connectivity index (χ4n) is 1.42. The van der Waals surface area contributed by atoms with E-state index in [0.29, 0.717) is 0 Å². The Kier molecular flexibility index (Phi) is 3.62. The Bertz CT molecular complexity index is 555. The lowest BCUT2D eigenvalue weighted by molar-refractivity contribution is 0.0941. The number of amides is 1. The molecule has 0 saturated carbocycles. The number of hydrogen-bond donors (Lipinski definition) is 1. The Balaban J connectivity index is 2.01. The molecule has 0 bridgehead atoms. The average Bonchev–Trinajstić information content (AvgIpc) is 2.38. The number of nitrogens with zero attached hydrogens (tertiary/aromatic N) is 1. The molecule has 0 spiro atoms. The molecule has 0 fully saturated rings. The zero-order valence-electron chi connectivity index (χ0n) is 9.36. The van der Waals surface area contributed by atoms with Crippen LogP contribution in [0.5, 0.6) is 0 Å². The highest BCUT2D eigenvalue weighted by molar-refractivity contribution is 5.92. The normalized spacial score (nSPS) is 10.1. The van der Waals surface area contributed by atoms with Crippen LogP contribution in [-0.2, 0) is 6.54 Å². The van der Waals surface area contributed by atoms with Gasteiger partial charge in [-0.05, 0) is 29.8 Å². The van der Waals surface area contributed by atoms with E-state index in [1.807, 2.05) is 0 Å². The fraction of sp³-hybridized carbons (Fsp3) is 0.0769. The Morgan fingerprint density at radius 3 is 2.56 bits per heavy atom. The lowest BCUT2D eigenvalue weighted by Crippen LogP contribution is -2.24. The van der Waals surface area contributed by atoms with Crippen LogP contribution in [0.2, 0.25) is 0 Å². The molecule has 0 aliphatic carbocycles. The molecule has 2 rings (SSSR count). The highest BCUT2D eigenvalue weighted by Gasteiger charge is 2.11. The number of carbonyl (C=O) groups is 1. The maximum absolute atomic E-state index is 13.2. The van der Waals surface area contributed by atoms with Gasteiger partial charge in [0.2, 0.25) is 0 Å². The molecule has 1 amide bonds. The molecular weight excluding hydrogens is 238 g/mol. The molecule has 0 saturated heterocycles. The molecule has 1 aromatic carbocycles. The summed E-state index contributed by atoms with van der Waals surface area (Å²) >= 11 is 0. The highest BCUT2D eigenvalue weighted by Crippen LogP contribution is 2.05. The van der Waals surface area contributed by atoms with Gasteiger partial charge in [0.15, 0.2) is 11.5 Å². The Morgan fingerprint density at radius 1 is 1.17 bits per heavy atom. The van der Waals surface area contributed by atoms with Gasteiger partial charge in [-0.25, -0.2) is 13.8 Å². The van der Waals surface area contributed by atoms with E-state index in [4.69, 9.17) is 0 Å². The second-order valence-corrected chi connectivity index (χ2v) is 3.64. The number of rotatable bonds is 3. The van der Waals surface area contributed by atoms with Crippen LogP contribution in [0.4, 0.5) is 8.78 Å². The van der Waals surface area contributed by atoms with Crippen molar-refractivity contribution >= 4 is 5.91 Å². The molecule has 5 heteroatoms. The van der Waals surface area contributed by atoms with Gasteiger partial charge in [0.05, 0.1) is 0 Å². The van der Waals surface area contributed by atoms with Crippen molar-refractivity contribution in [3.63, 3.8) is 0 Å². The molecule has 0 aliphatic heterocycles. The van der Waals surface area contributed by atoms with Gasteiger partial charge in [0.1, 0.15) is 5.82 Å². The quantitative estimate of drug-likeness (QED) is 0.905. The summed E-state index contributed by atoms with van der Waals surface area (Å²) in [6.45, 7) is 0.190. The largest absolute Gasteiger partial charge is 0.347 e. The van der Waals surface area contributed by atoms with Crippen LogP contribution in [0.25, 0.3) is 0 Å². The van der Waals surface area contributed by atoms with Gasteiger partial charge >= 0.3 is 0 Å². The van der Waals surface area contributed by atoms with Gasteiger partial charge < -0.3 is 5.32 Å². The summed E-state index contributed by atoms with van der Waals surface area (Å²) in [5.74, 6) is -1.62. The monoisotopic (exact) mass is 248 g/mol. The maximum Gasteiger partial charge on any atom is 0.273 e. The van der Waals surface area contributed by atoms with Crippen molar-refractivity contribution in [1.29, 1.82) is 0 Å². The van der Waals surface area contributed by atoms with Crippen LogP contribution in [0.3, 0.4) is 0 Å². The van der Waals surface area contributed by atoms with E-state index >= 15 is 0 Å². The molecular formula is C13H10F2N2O. The summed E-state index contributed by atoms with van der Waals surface area (Å²) in [6, 6.07) is 8.26. The predicted molar refractivity (Wildman–Crippen MR) is 61.8 cm³/mol. The zero-order chi connectivity index (χ0) is 13.0. The van der Waals surface area contributed by atoms with E-state index in [2.05, 4.69) is 10.3 Å². The smallest absolute Gasteiger partial charge is 0.273 e. The van der Waals surface area contributed by atoms with Crippen LogP contribution < -0.4 is 5.32 Å². The first kappa shape index (κ1) is 12.2. The number of nitrogens with one attached hydrogen (secondary N) is 1. The van der Waals surface area contributed by atoms with Gasteiger partial charge in [-0.1, -0.05) is 12.1 Å². The third-order valence-corrected chi connectivity index (χ3v) is 2.34. The van der Waals surface area contributed by atoms with Crippen LogP contribution in [-0.4, -0.2) is 10.9 Å². The van der Waals surface area contributed by atoms with Gasteiger partial charge in [0, 0.05) is 12.7 Å². The van der Waals surface area contributed by atoms with Crippen molar-refractivity contribution in [3.8, 4) is 0 Å². The van der Waals surface area contributed by atoms with E-state index in [1.165, 1.54) is 30.5 Å². The van der Waals surface area contributed by atoms with Crippen molar-refractivity contribution in [3.05, 3.63) is 65.5 Å². The van der Waals surface area contributed by atoms with E-state index in [0.717, 1.165) is 5.56 Å². The van der Waals surface area contributed by atoms with Crippen molar-refractivity contribution in [2.45, 2.75) is 6.54 Å². The third kappa shape index (κ3) is 2.88. The van der Waals surface area contributed by atoms with E-state index in [9.17, 15) is 13.6 Å². The minimum atomic E-state index is -0.672. The molecule has 0 unspecified atom stereocenters. The SMILES string of the molecule is O=C(NCc1ccc(F)cc1)c1ncccc1F. The van der Waals surface area contributed by atoms with Gasteiger partial charge in [-0.15, -0.1) is 0 Å². The molecule has 92 valence electrons. The third-order valence-electron chi connectivity index (χ3n) is 2.34. The number of halogens is 2. The first-order chi connectivity index (χ1) is 8.66. The highest BCUT2D eigenvalue weighted by atomic mass is 19.1. The van der Waals surface area contributed by atoms with E-state index < -0.39 is 11.7 Å². The minimum Gasteiger partial charge on any atom is -0.347 e. The minimum absolute atomic E-state index is 0.190. The summed E-state index contributed by atoms with van der Waals surface area (Å²) in [5.41, 5.74) is 0.473. The molecule has 1 N–H and O–H groups in total. The molecule has 0 radical (unpaired) electrons. The summed E-state index contributed by atoms with van der Waals surface area (Å²) in [4.78, 5) is 15.3. The standard InChI is InChI=1S/C13H10F2N2O/c14-10-5-3-9(4-6-10)8-17-13(18)12-11(15)2-1-7-16-12/h1-7H,8H2,(H,17,18). The zero-order valence-corrected chi connectivity index (χ0v) is 9.36. The number of carbonyl (C=O) groups excluding carboxylic acids is 1. The van der Waals surface area contributed by atoms with Crippen LogP contribution in [0.15, 0.2) is 42.6 Å². The molecule has 0 atom stereocenters. The first-order valence-corrected chi connectivity index (χ1v) is 5.30. The van der Waals surface area contributed by atoms with E-state index in [-0.39, 0.29) is 18.1 Å². The van der Waals surface area contributed by atoms with Crippen molar-refractivity contribution in [1.82, 2.24) is 10.3 Å². The van der Waals surface area contributed by atoms with Crippen molar-refractivity contribution in [2.75, 3.05) is 0 Å². The fourth-order valence-corrected chi connectivity index (χ4v) is 1.42. The summed E-state index contributed by atoms with van der Waals surface area (Å²) in [6.07, 6.45) is 1.34. The second kappa shape index (κ2) is 5.35. The van der Waals surface area contributed by atoms with Gasteiger partial charge in [-0.3, -0.25) is 4.79 Å². The van der Waals surface area contributed by atoms with Crippen LogP contribution in [0.1, 0.15) is 16.1 Å². The number of benzene rings is 1. The lowest BCUT2D eigenvalue weighted by atomic mass is 10.2. The second-order valence-electron chi connectivity index (χ2n) is 3.64. The molecule has 3 nitrogen and oxygen atoms in total. The van der Waals surface area contributed by atoms with Gasteiger partial charge in [0.25, 0.3) is 5.91 Å². The Morgan fingerprint density at radius 2 is 1.89 bits per heavy atom. The van der Waals surface area contributed by atoms with E-state index in [1.54, 1.807) is 12.1 Å². The number of pyridine rings is 1. The Hall–Kier alpha value is -2.30. The average molecular weight is 248 g/mol. The topological polar surface area (TPSA) is 42.0 Å². The summed E-state index contributed by atoms with van der Waals surface area (Å²) < 4.78 is 25.9. The number of hydrogen-bond acceptors (Lipinski definition) is 2. The van der Waals surface area contributed by atoms with Crippen molar-refractivity contribution < 1.29 is 13.6 Å². The van der Waals surface area contributed by atoms with Gasteiger partial charge in [-0.2, -0.15) is 0 Å². The maximum atomic E-state index is 13.2. The predicted octanol–water partition coefficient (Wildman–Crippen LogP) is 2.29. The number of aromatic nitrogens is 1.